The van der Waals surface area contributed by atoms with E-state index in [0.717, 1.165) is 10.8 Å². The maximum atomic E-state index is 9.85. The number of phenolic OH excluding ortho intramolecular Hbond substituents is 1. The normalized spacial score (nSPS) is 11.4. The third-order valence-corrected chi connectivity index (χ3v) is 2.54. The summed E-state index contributed by atoms with van der Waals surface area (Å²) in [6.07, 6.45) is 0. The summed E-state index contributed by atoms with van der Waals surface area (Å²) in [7, 11) is 0. The molecule has 94 valence electrons. The Hall–Kier alpha value is -2.96. The summed E-state index contributed by atoms with van der Waals surface area (Å²) < 4.78 is 4.87. The highest BCUT2D eigenvalue weighted by Gasteiger charge is 2.07. The molecule has 0 aliphatic carbocycles. The lowest BCUT2D eigenvalue weighted by Crippen LogP contribution is -1.81. The third kappa shape index (κ3) is 2.08. The van der Waals surface area contributed by atoms with Gasteiger partial charge in [0.15, 0.2) is 0 Å². The number of hydrogen-bond acceptors (Lipinski definition) is 7. The number of fused-ring (bicyclic) bond motifs is 1. The third-order valence-electron chi connectivity index (χ3n) is 2.54. The van der Waals surface area contributed by atoms with Crippen LogP contribution in [0.15, 0.2) is 51.0 Å². The molecule has 3 N–H and O–H groups in total. The van der Waals surface area contributed by atoms with Gasteiger partial charge in [-0.25, -0.2) is 0 Å². The zero-order valence-electron chi connectivity index (χ0n) is 9.69. The van der Waals surface area contributed by atoms with Gasteiger partial charge in [0.1, 0.15) is 11.4 Å². The fourth-order valence-electron chi connectivity index (χ4n) is 1.71. The van der Waals surface area contributed by atoms with E-state index in [1.165, 1.54) is 0 Å². The quantitative estimate of drug-likeness (QED) is 0.684. The number of hydrogen-bond donors (Lipinski definition) is 2. The SMILES string of the molecule is Nc1nnc(N=Nc2c(O)ccc3ccccc23)o1. The summed E-state index contributed by atoms with van der Waals surface area (Å²) in [5.41, 5.74) is 5.62. The second kappa shape index (κ2) is 4.37. The highest BCUT2D eigenvalue weighted by molar-refractivity contribution is 5.95. The number of phenols is 1. The lowest BCUT2D eigenvalue weighted by atomic mass is 10.1. The smallest absolute Gasteiger partial charge is 0.363 e. The Morgan fingerprint density at radius 2 is 1.89 bits per heavy atom. The van der Waals surface area contributed by atoms with Crippen molar-refractivity contribution in [2.75, 3.05) is 5.73 Å². The predicted octanol–water partition coefficient (Wildman–Crippen LogP) is 2.93. The van der Waals surface area contributed by atoms with Gasteiger partial charge in [0, 0.05) is 5.39 Å². The number of aromatic hydroxyl groups is 1. The van der Waals surface area contributed by atoms with E-state index in [9.17, 15) is 5.11 Å². The monoisotopic (exact) mass is 255 g/mol. The Morgan fingerprint density at radius 3 is 2.68 bits per heavy atom. The number of anilines is 1. The highest BCUT2D eigenvalue weighted by atomic mass is 16.4. The molecule has 0 bridgehead atoms. The van der Waals surface area contributed by atoms with Crippen molar-refractivity contribution in [3.63, 3.8) is 0 Å². The Balaban J connectivity index is 2.09. The van der Waals surface area contributed by atoms with Gasteiger partial charge in [-0.2, -0.15) is 0 Å². The topological polar surface area (TPSA) is 110 Å². The summed E-state index contributed by atoms with van der Waals surface area (Å²) in [5.74, 6) is 0.0231. The van der Waals surface area contributed by atoms with Crippen LogP contribution in [-0.2, 0) is 0 Å². The first-order valence-corrected chi connectivity index (χ1v) is 5.45. The number of nitrogen functional groups attached to an aromatic ring is 1. The first-order chi connectivity index (χ1) is 9.24. The maximum Gasteiger partial charge on any atom is 0.363 e. The number of rotatable bonds is 2. The van der Waals surface area contributed by atoms with E-state index < -0.39 is 0 Å². The van der Waals surface area contributed by atoms with Crippen molar-refractivity contribution >= 4 is 28.5 Å². The maximum absolute atomic E-state index is 9.85. The molecule has 1 heterocycles. The first-order valence-electron chi connectivity index (χ1n) is 5.45. The molecular formula is C12H9N5O2. The van der Waals surface area contributed by atoms with Gasteiger partial charge >= 0.3 is 12.0 Å². The lowest BCUT2D eigenvalue weighted by Gasteiger charge is -2.02. The van der Waals surface area contributed by atoms with E-state index >= 15 is 0 Å². The predicted molar refractivity (Wildman–Crippen MR) is 68.5 cm³/mol. The molecule has 3 rings (SSSR count). The average molecular weight is 255 g/mol. The van der Waals surface area contributed by atoms with Crippen LogP contribution >= 0.6 is 0 Å². The number of azo groups is 1. The van der Waals surface area contributed by atoms with Crippen molar-refractivity contribution in [2.45, 2.75) is 0 Å². The van der Waals surface area contributed by atoms with Crippen LogP contribution in [0.1, 0.15) is 0 Å². The molecular weight excluding hydrogens is 246 g/mol. The summed E-state index contributed by atoms with van der Waals surface area (Å²) >= 11 is 0. The second-order valence-corrected chi connectivity index (χ2v) is 3.78. The average Bonchev–Trinajstić information content (AvgIpc) is 2.83. The number of nitrogens with two attached hydrogens (primary N) is 1. The van der Waals surface area contributed by atoms with Crippen LogP contribution in [0, 0.1) is 0 Å². The standard InChI is InChI=1S/C12H9N5O2/c13-11-15-17-12(19-11)16-14-10-8-4-2-1-3-7(8)5-6-9(10)18/h1-6,18H,(H2,13,15). The molecule has 0 spiro atoms. The van der Waals surface area contributed by atoms with Crippen LogP contribution in [-0.4, -0.2) is 15.3 Å². The molecule has 2 aromatic carbocycles. The molecule has 0 amide bonds. The van der Waals surface area contributed by atoms with Crippen molar-refractivity contribution in [2.24, 2.45) is 10.2 Å². The van der Waals surface area contributed by atoms with Gasteiger partial charge in [0.25, 0.3) is 0 Å². The van der Waals surface area contributed by atoms with E-state index in [1.54, 1.807) is 12.1 Å². The molecule has 0 aliphatic rings. The summed E-state index contributed by atoms with van der Waals surface area (Å²) in [6, 6.07) is 10.7. The molecule has 1 aromatic heterocycles. The van der Waals surface area contributed by atoms with Gasteiger partial charge in [0.2, 0.25) is 0 Å². The summed E-state index contributed by atoms with van der Waals surface area (Å²) in [6.45, 7) is 0. The van der Waals surface area contributed by atoms with Gasteiger partial charge in [0.05, 0.1) is 0 Å². The van der Waals surface area contributed by atoms with Crippen LogP contribution in [0.25, 0.3) is 10.8 Å². The van der Waals surface area contributed by atoms with E-state index in [4.69, 9.17) is 10.2 Å². The molecule has 0 radical (unpaired) electrons. The Kier molecular flexibility index (Phi) is 2.57. The van der Waals surface area contributed by atoms with Crippen molar-refractivity contribution < 1.29 is 9.52 Å². The zero-order valence-corrected chi connectivity index (χ0v) is 9.69. The Labute approximate surface area is 107 Å². The van der Waals surface area contributed by atoms with E-state index in [2.05, 4.69) is 20.4 Å². The van der Waals surface area contributed by atoms with Crippen LogP contribution in [0.2, 0.25) is 0 Å². The molecule has 7 nitrogen and oxygen atoms in total. The van der Waals surface area contributed by atoms with Crippen molar-refractivity contribution in [3.8, 4) is 5.75 Å². The summed E-state index contributed by atoms with van der Waals surface area (Å²) in [5, 5.41) is 26.3. The highest BCUT2D eigenvalue weighted by Crippen LogP contribution is 2.35. The van der Waals surface area contributed by atoms with Gasteiger partial charge in [-0.05, 0) is 11.5 Å². The fraction of sp³-hybridized carbons (Fsp3) is 0. The number of benzene rings is 2. The van der Waals surface area contributed by atoms with Gasteiger partial charge in [-0.1, -0.05) is 45.6 Å². The van der Waals surface area contributed by atoms with Crippen LogP contribution in [0.5, 0.6) is 5.75 Å². The minimum absolute atomic E-state index is 0.0231. The molecule has 3 aromatic rings. The summed E-state index contributed by atoms with van der Waals surface area (Å²) in [4.78, 5) is 0. The largest absolute Gasteiger partial charge is 0.506 e. The zero-order chi connectivity index (χ0) is 13.2. The van der Waals surface area contributed by atoms with Gasteiger partial charge in [-0.15, -0.1) is 5.11 Å². The minimum atomic E-state index is -0.0870. The van der Waals surface area contributed by atoms with Crippen molar-refractivity contribution in [3.05, 3.63) is 36.4 Å². The molecule has 0 aliphatic heterocycles. The van der Waals surface area contributed by atoms with Crippen molar-refractivity contribution in [1.82, 2.24) is 10.2 Å². The molecule has 0 unspecified atom stereocenters. The van der Waals surface area contributed by atoms with Gasteiger partial charge in [-0.3, -0.25) is 0 Å². The molecule has 0 saturated heterocycles. The fourth-order valence-corrected chi connectivity index (χ4v) is 1.71. The molecule has 7 heteroatoms. The minimum Gasteiger partial charge on any atom is -0.506 e. The molecule has 0 atom stereocenters. The van der Waals surface area contributed by atoms with Crippen LogP contribution in [0.3, 0.4) is 0 Å². The first kappa shape index (κ1) is 11.1. The Morgan fingerprint density at radius 1 is 1.05 bits per heavy atom. The van der Waals surface area contributed by atoms with Crippen LogP contribution in [0.4, 0.5) is 17.7 Å². The molecule has 19 heavy (non-hydrogen) atoms. The van der Waals surface area contributed by atoms with Gasteiger partial charge < -0.3 is 15.3 Å². The lowest BCUT2D eigenvalue weighted by molar-refractivity contribution is 0.477. The number of aromatic nitrogens is 2. The Bertz CT molecular complexity index is 766. The molecule has 0 saturated carbocycles. The van der Waals surface area contributed by atoms with E-state index in [1.807, 2.05) is 24.3 Å². The van der Waals surface area contributed by atoms with Crippen LogP contribution < -0.4 is 5.73 Å². The van der Waals surface area contributed by atoms with Crippen molar-refractivity contribution in [1.29, 1.82) is 0 Å². The van der Waals surface area contributed by atoms with E-state index in [-0.39, 0.29) is 17.8 Å². The second-order valence-electron chi connectivity index (χ2n) is 3.78. The number of nitrogens with zero attached hydrogens (tertiary/aromatic N) is 4. The van der Waals surface area contributed by atoms with E-state index in [0.29, 0.717) is 5.69 Å². The molecule has 0 fully saturated rings.